The highest BCUT2D eigenvalue weighted by Gasteiger charge is 2.11. The molecule has 0 spiro atoms. The number of nitrogens with zero attached hydrogens (tertiary/aromatic N) is 2. The summed E-state index contributed by atoms with van der Waals surface area (Å²) in [5.74, 6) is -0.00188. The van der Waals surface area contributed by atoms with Crippen molar-refractivity contribution in [1.82, 2.24) is 10.1 Å². The number of hydrogen-bond donors (Lipinski definition) is 1. The third kappa shape index (κ3) is 3.09. The summed E-state index contributed by atoms with van der Waals surface area (Å²) in [7, 11) is 0. The Hall–Kier alpha value is -2.66. The summed E-state index contributed by atoms with van der Waals surface area (Å²) in [6, 6.07) is 12.1. The van der Waals surface area contributed by atoms with Crippen LogP contribution in [0.5, 0.6) is 0 Å². The number of hydrogen-bond acceptors (Lipinski definition) is 4. The van der Waals surface area contributed by atoms with Gasteiger partial charge in [0.05, 0.1) is 0 Å². The van der Waals surface area contributed by atoms with Crippen molar-refractivity contribution in [2.75, 3.05) is 5.32 Å². The lowest BCUT2D eigenvalue weighted by Crippen LogP contribution is -2.11. The number of anilines is 1. The Kier molecular flexibility index (Phi) is 3.66. The summed E-state index contributed by atoms with van der Waals surface area (Å²) in [6.45, 7) is 0. The molecule has 0 aliphatic rings. The molecule has 0 radical (unpaired) electrons. The average Bonchev–Trinajstić information content (AvgIpc) is 2.97. The van der Waals surface area contributed by atoms with Crippen molar-refractivity contribution in [3.05, 3.63) is 65.4 Å². The Morgan fingerprint density at radius 1 is 1.10 bits per heavy atom. The van der Waals surface area contributed by atoms with Gasteiger partial charge in [0.15, 0.2) is 0 Å². The van der Waals surface area contributed by atoms with Gasteiger partial charge in [-0.15, -0.1) is 0 Å². The molecule has 6 heteroatoms. The lowest BCUT2D eigenvalue weighted by molar-refractivity contribution is 0.102. The molecule has 2 heterocycles. The second-order valence-electron chi connectivity index (χ2n) is 4.27. The van der Waals surface area contributed by atoms with Crippen LogP contribution in [0.1, 0.15) is 10.4 Å². The molecule has 0 aliphatic heterocycles. The molecule has 0 saturated carbocycles. The fraction of sp³-hybridized carbons (Fsp3) is 0. The Morgan fingerprint density at radius 3 is 2.52 bits per heavy atom. The van der Waals surface area contributed by atoms with E-state index in [1.54, 1.807) is 42.7 Å². The van der Waals surface area contributed by atoms with E-state index in [1.807, 2.05) is 12.1 Å². The normalized spacial score (nSPS) is 10.3. The molecule has 0 saturated heterocycles. The molecule has 21 heavy (non-hydrogen) atoms. The minimum absolute atomic E-state index is 0.279. The Balaban J connectivity index is 1.76. The first-order valence-corrected chi connectivity index (χ1v) is 6.54. The van der Waals surface area contributed by atoms with Crippen molar-refractivity contribution < 1.29 is 9.32 Å². The quantitative estimate of drug-likeness (QED) is 0.801. The molecule has 0 atom stereocenters. The summed E-state index contributed by atoms with van der Waals surface area (Å²) >= 11 is 5.84. The number of aromatic nitrogens is 2. The summed E-state index contributed by atoms with van der Waals surface area (Å²) in [5.41, 5.74) is 1.97. The second-order valence-corrected chi connectivity index (χ2v) is 4.71. The van der Waals surface area contributed by atoms with Crippen LogP contribution >= 0.6 is 11.6 Å². The molecule has 2 aromatic heterocycles. The predicted octanol–water partition coefficient (Wildman–Crippen LogP) is 3.64. The van der Waals surface area contributed by atoms with Crippen molar-refractivity contribution in [2.45, 2.75) is 0 Å². The standard InChI is InChI=1S/C15H10ClN3O2/c16-12-3-1-10(2-4-12)13-9-14(21-19-13)18-15(20)11-5-7-17-8-6-11/h1-9H,(H,18,20). The fourth-order valence-electron chi connectivity index (χ4n) is 1.78. The molecular formula is C15H10ClN3O2. The van der Waals surface area contributed by atoms with Crippen molar-refractivity contribution in [2.24, 2.45) is 0 Å². The summed E-state index contributed by atoms with van der Waals surface area (Å²) in [5, 5.41) is 7.20. The Morgan fingerprint density at radius 2 is 1.81 bits per heavy atom. The van der Waals surface area contributed by atoms with Gasteiger partial charge in [-0.2, -0.15) is 0 Å². The molecule has 1 amide bonds. The maximum atomic E-state index is 12.0. The first-order valence-electron chi connectivity index (χ1n) is 6.16. The van der Waals surface area contributed by atoms with Crippen LogP contribution in [-0.2, 0) is 0 Å². The number of halogens is 1. The number of nitrogens with one attached hydrogen (secondary N) is 1. The minimum atomic E-state index is -0.281. The van der Waals surface area contributed by atoms with Crippen LogP contribution in [0.4, 0.5) is 5.88 Å². The number of pyridine rings is 1. The molecule has 3 rings (SSSR count). The molecule has 1 N–H and O–H groups in total. The van der Waals surface area contributed by atoms with Gasteiger partial charge in [0.1, 0.15) is 5.69 Å². The zero-order valence-electron chi connectivity index (χ0n) is 10.8. The second kappa shape index (κ2) is 5.76. The summed E-state index contributed by atoms with van der Waals surface area (Å²) in [6.07, 6.45) is 3.10. The minimum Gasteiger partial charge on any atom is -0.338 e. The largest absolute Gasteiger partial charge is 0.338 e. The van der Waals surface area contributed by atoms with Gasteiger partial charge in [0.2, 0.25) is 5.88 Å². The maximum Gasteiger partial charge on any atom is 0.258 e. The van der Waals surface area contributed by atoms with E-state index < -0.39 is 0 Å². The van der Waals surface area contributed by atoms with Crippen LogP contribution in [0.25, 0.3) is 11.3 Å². The number of benzene rings is 1. The molecule has 1 aromatic carbocycles. The van der Waals surface area contributed by atoms with E-state index in [1.165, 1.54) is 0 Å². The molecule has 0 aliphatic carbocycles. The Labute approximate surface area is 125 Å². The van der Waals surface area contributed by atoms with E-state index >= 15 is 0 Å². The van der Waals surface area contributed by atoms with Gasteiger partial charge in [-0.05, 0) is 24.3 Å². The van der Waals surface area contributed by atoms with Crippen molar-refractivity contribution in [3.63, 3.8) is 0 Å². The van der Waals surface area contributed by atoms with Gasteiger partial charge in [-0.25, -0.2) is 0 Å². The highest BCUT2D eigenvalue weighted by molar-refractivity contribution is 6.30. The molecule has 0 unspecified atom stereocenters. The van der Waals surface area contributed by atoms with Gasteiger partial charge in [0, 0.05) is 34.6 Å². The van der Waals surface area contributed by atoms with Crippen LogP contribution in [0.2, 0.25) is 5.02 Å². The van der Waals surface area contributed by atoms with Crippen molar-refractivity contribution >= 4 is 23.4 Å². The SMILES string of the molecule is O=C(Nc1cc(-c2ccc(Cl)cc2)no1)c1ccncc1. The maximum absolute atomic E-state index is 12.0. The van der Waals surface area contributed by atoms with Crippen LogP contribution in [-0.4, -0.2) is 16.0 Å². The van der Waals surface area contributed by atoms with Crippen LogP contribution in [0.15, 0.2) is 59.4 Å². The van der Waals surface area contributed by atoms with E-state index in [0.717, 1.165) is 5.56 Å². The number of rotatable bonds is 3. The average molecular weight is 300 g/mol. The first kappa shape index (κ1) is 13.3. The van der Waals surface area contributed by atoms with E-state index in [2.05, 4.69) is 15.5 Å². The number of carbonyl (C=O) groups is 1. The van der Waals surface area contributed by atoms with Crippen LogP contribution in [0.3, 0.4) is 0 Å². The lowest BCUT2D eigenvalue weighted by atomic mass is 10.1. The smallest absolute Gasteiger partial charge is 0.258 e. The molecule has 0 bridgehead atoms. The van der Waals surface area contributed by atoms with Crippen molar-refractivity contribution in [3.8, 4) is 11.3 Å². The molecule has 5 nitrogen and oxygen atoms in total. The first-order chi connectivity index (χ1) is 10.2. The van der Waals surface area contributed by atoms with Gasteiger partial charge in [-0.3, -0.25) is 15.1 Å². The van der Waals surface area contributed by atoms with E-state index in [0.29, 0.717) is 16.3 Å². The summed E-state index contributed by atoms with van der Waals surface area (Å²) in [4.78, 5) is 15.8. The monoisotopic (exact) mass is 299 g/mol. The van der Waals surface area contributed by atoms with Gasteiger partial charge in [0.25, 0.3) is 5.91 Å². The van der Waals surface area contributed by atoms with E-state index in [-0.39, 0.29) is 11.8 Å². The van der Waals surface area contributed by atoms with Gasteiger partial charge in [-0.1, -0.05) is 28.9 Å². The Bertz CT molecular complexity index is 754. The van der Waals surface area contributed by atoms with Gasteiger partial charge < -0.3 is 4.52 Å². The molecule has 0 fully saturated rings. The van der Waals surface area contributed by atoms with Crippen LogP contribution < -0.4 is 5.32 Å². The lowest BCUT2D eigenvalue weighted by Gasteiger charge is -1.99. The number of carbonyl (C=O) groups excluding carboxylic acids is 1. The van der Waals surface area contributed by atoms with Gasteiger partial charge >= 0.3 is 0 Å². The zero-order valence-corrected chi connectivity index (χ0v) is 11.5. The molecule has 3 aromatic rings. The molecule has 104 valence electrons. The predicted molar refractivity (Wildman–Crippen MR) is 79.1 cm³/mol. The van der Waals surface area contributed by atoms with E-state index in [9.17, 15) is 4.79 Å². The third-order valence-electron chi connectivity index (χ3n) is 2.83. The van der Waals surface area contributed by atoms with Crippen LogP contribution in [0, 0.1) is 0 Å². The van der Waals surface area contributed by atoms with Crippen molar-refractivity contribution in [1.29, 1.82) is 0 Å². The zero-order chi connectivity index (χ0) is 14.7. The molecular weight excluding hydrogens is 290 g/mol. The van der Waals surface area contributed by atoms with E-state index in [4.69, 9.17) is 16.1 Å². The number of amides is 1. The highest BCUT2D eigenvalue weighted by Crippen LogP contribution is 2.23. The summed E-state index contributed by atoms with van der Waals surface area (Å²) < 4.78 is 5.11. The third-order valence-corrected chi connectivity index (χ3v) is 3.08. The topological polar surface area (TPSA) is 68.0 Å². The fourth-order valence-corrected chi connectivity index (χ4v) is 1.90. The highest BCUT2D eigenvalue weighted by atomic mass is 35.5.